The zero-order valence-electron chi connectivity index (χ0n) is 12.6. The molecule has 1 saturated heterocycles. The minimum atomic E-state index is -0.880. The Bertz CT molecular complexity index is 386. The number of rotatable bonds is 8. The van der Waals surface area contributed by atoms with Gasteiger partial charge in [0.05, 0.1) is 13.2 Å². The summed E-state index contributed by atoms with van der Waals surface area (Å²) in [5.41, 5.74) is 0. The van der Waals surface area contributed by atoms with E-state index in [9.17, 15) is 14.4 Å². The highest BCUT2D eigenvalue weighted by Gasteiger charge is 2.37. The zero-order valence-corrected chi connectivity index (χ0v) is 12.6. The minimum Gasteiger partial charge on any atom is -0.480 e. The van der Waals surface area contributed by atoms with Gasteiger partial charge < -0.3 is 15.2 Å². The molecule has 0 saturated carbocycles. The summed E-state index contributed by atoms with van der Waals surface area (Å²) in [4.78, 5) is 35.8. The Morgan fingerprint density at radius 2 is 2.10 bits per heavy atom. The number of esters is 1. The predicted octanol–water partition coefficient (Wildman–Crippen LogP) is 0.241. The van der Waals surface area contributed by atoms with Crippen molar-refractivity contribution < 1.29 is 24.2 Å². The number of carbonyl (C=O) groups is 3. The third-order valence-corrected chi connectivity index (χ3v) is 3.59. The van der Waals surface area contributed by atoms with E-state index < -0.39 is 12.0 Å². The van der Waals surface area contributed by atoms with Crippen LogP contribution in [0.4, 0.5) is 0 Å². The fourth-order valence-corrected chi connectivity index (χ4v) is 2.54. The number of hydrogen-bond acceptors (Lipinski definition) is 5. The van der Waals surface area contributed by atoms with Crippen molar-refractivity contribution >= 4 is 17.8 Å². The molecule has 2 unspecified atom stereocenters. The second-order valence-electron chi connectivity index (χ2n) is 5.28. The molecule has 1 heterocycles. The molecule has 120 valence electrons. The van der Waals surface area contributed by atoms with Crippen LogP contribution in [0.15, 0.2) is 0 Å². The number of likely N-dealkylation sites (tertiary alicyclic amines) is 1. The number of carboxylic acid groups (broad SMARTS) is 1. The SMILES string of the molecule is CCOC(=O)CCCNC(=O)CN1CCC(C)C1C(=O)O. The van der Waals surface area contributed by atoms with Crippen LogP contribution in [0.2, 0.25) is 0 Å². The fraction of sp³-hybridized carbons (Fsp3) is 0.786. The Labute approximate surface area is 124 Å². The van der Waals surface area contributed by atoms with Crippen LogP contribution in [0.5, 0.6) is 0 Å². The van der Waals surface area contributed by atoms with Gasteiger partial charge in [0.15, 0.2) is 0 Å². The average Bonchev–Trinajstić information content (AvgIpc) is 2.76. The van der Waals surface area contributed by atoms with Gasteiger partial charge in [0.2, 0.25) is 5.91 Å². The fourth-order valence-electron chi connectivity index (χ4n) is 2.54. The van der Waals surface area contributed by atoms with Crippen molar-refractivity contribution in [2.75, 3.05) is 26.2 Å². The van der Waals surface area contributed by atoms with E-state index in [0.29, 0.717) is 26.1 Å². The highest BCUT2D eigenvalue weighted by molar-refractivity contribution is 5.80. The lowest BCUT2D eigenvalue weighted by Gasteiger charge is -2.22. The molecule has 1 amide bonds. The number of ether oxygens (including phenoxy) is 1. The quantitative estimate of drug-likeness (QED) is 0.492. The van der Waals surface area contributed by atoms with Gasteiger partial charge in [0, 0.05) is 13.0 Å². The molecule has 1 fully saturated rings. The molecule has 0 aromatic heterocycles. The first-order chi connectivity index (χ1) is 9.95. The smallest absolute Gasteiger partial charge is 0.321 e. The predicted molar refractivity (Wildman–Crippen MR) is 75.7 cm³/mol. The van der Waals surface area contributed by atoms with Gasteiger partial charge in [-0.1, -0.05) is 6.92 Å². The van der Waals surface area contributed by atoms with E-state index >= 15 is 0 Å². The van der Waals surface area contributed by atoms with E-state index in [1.165, 1.54) is 0 Å². The van der Waals surface area contributed by atoms with Crippen LogP contribution in [0, 0.1) is 5.92 Å². The van der Waals surface area contributed by atoms with Gasteiger partial charge in [-0.05, 0) is 32.2 Å². The summed E-state index contributed by atoms with van der Waals surface area (Å²) in [5, 5.41) is 11.9. The molecule has 7 nitrogen and oxygen atoms in total. The van der Waals surface area contributed by atoms with Crippen LogP contribution in [-0.2, 0) is 19.1 Å². The molecule has 0 bridgehead atoms. The van der Waals surface area contributed by atoms with Gasteiger partial charge in [0.25, 0.3) is 0 Å². The molecule has 7 heteroatoms. The third kappa shape index (κ3) is 5.71. The van der Waals surface area contributed by atoms with Crippen molar-refractivity contribution in [1.82, 2.24) is 10.2 Å². The summed E-state index contributed by atoms with van der Waals surface area (Å²) >= 11 is 0. The summed E-state index contributed by atoms with van der Waals surface area (Å²) in [6.45, 7) is 5.08. The summed E-state index contributed by atoms with van der Waals surface area (Å²) in [5.74, 6) is -1.31. The van der Waals surface area contributed by atoms with Gasteiger partial charge in [-0.15, -0.1) is 0 Å². The van der Waals surface area contributed by atoms with Crippen LogP contribution < -0.4 is 5.32 Å². The maximum Gasteiger partial charge on any atom is 0.321 e. The second kappa shape index (κ2) is 8.61. The van der Waals surface area contributed by atoms with Crippen LogP contribution in [-0.4, -0.2) is 60.1 Å². The summed E-state index contributed by atoms with van der Waals surface area (Å²) in [6.07, 6.45) is 1.57. The largest absolute Gasteiger partial charge is 0.480 e. The molecule has 21 heavy (non-hydrogen) atoms. The molecule has 1 aliphatic rings. The van der Waals surface area contributed by atoms with E-state index in [4.69, 9.17) is 9.84 Å². The molecule has 0 spiro atoms. The molecular formula is C14H24N2O5. The van der Waals surface area contributed by atoms with Crippen LogP contribution in [0.1, 0.15) is 33.1 Å². The third-order valence-electron chi connectivity index (χ3n) is 3.59. The first-order valence-corrected chi connectivity index (χ1v) is 7.34. The van der Waals surface area contributed by atoms with Gasteiger partial charge in [0.1, 0.15) is 6.04 Å². The first-order valence-electron chi connectivity index (χ1n) is 7.34. The Morgan fingerprint density at radius 3 is 2.71 bits per heavy atom. The lowest BCUT2D eigenvalue weighted by molar-refractivity contribution is -0.144. The average molecular weight is 300 g/mol. The van der Waals surface area contributed by atoms with Gasteiger partial charge in [-0.25, -0.2) is 0 Å². The number of aliphatic carboxylic acids is 1. The van der Waals surface area contributed by atoms with Gasteiger partial charge >= 0.3 is 11.9 Å². The van der Waals surface area contributed by atoms with Crippen molar-refractivity contribution in [3.63, 3.8) is 0 Å². The highest BCUT2D eigenvalue weighted by atomic mass is 16.5. The van der Waals surface area contributed by atoms with E-state index in [1.807, 2.05) is 6.92 Å². The number of carbonyl (C=O) groups excluding carboxylic acids is 2. The molecule has 0 radical (unpaired) electrons. The Balaban J connectivity index is 2.24. The molecule has 0 aromatic carbocycles. The van der Waals surface area contributed by atoms with Crippen molar-refractivity contribution in [3.8, 4) is 0 Å². The lowest BCUT2D eigenvalue weighted by atomic mass is 10.0. The minimum absolute atomic E-state index is 0.0547. The van der Waals surface area contributed by atoms with E-state index in [0.717, 1.165) is 6.42 Å². The summed E-state index contributed by atoms with van der Waals surface area (Å²) in [7, 11) is 0. The van der Waals surface area contributed by atoms with E-state index in [2.05, 4.69) is 5.32 Å². The Morgan fingerprint density at radius 1 is 1.38 bits per heavy atom. The lowest BCUT2D eigenvalue weighted by Crippen LogP contribution is -2.44. The number of hydrogen-bond donors (Lipinski definition) is 2. The normalized spacial score (nSPS) is 22.0. The van der Waals surface area contributed by atoms with Crippen molar-refractivity contribution in [2.24, 2.45) is 5.92 Å². The van der Waals surface area contributed by atoms with E-state index in [1.54, 1.807) is 11.8 Å². The second-order valence-corrected chi connectivity index (χ2v) is 5.28. The van der Waals surface area contributed by atoms with Crippen molar-refractivity contribution in [1.29, 1.82) is 0 Å². The number of nitrogens with zero attached hydrogens (tertiary/aromatic N) is 1. The molecule has 0 aromatic rings. The van der Waals surface area contributed by atoms with Gasteiger partial charge in [-0.3, -0.25) is 19.3 Å². The van der Waals surface area contributed by atoms with Crippen LogP contribution >= 0.6 is 0 Å². The molecular weight excluding hydrogens is 276 g/mol. The standard InChI is InChI=1S/C14H24N2O5/c1-3-21-12(18)5-4-7-15-11(17)9-16-8-6-10(2)13(16)14(19)20/h10,13H,3-9H2,1-2H3,(H,15,17)(H,19,20). The number of carboxylic acids is 1. The van der Waals surface area contributed by atoms with Crippen LogP contribution in [0.3, 0.4) is 0 Å². The van der Waals surface area contributed by atoms with Gasteiger partial charge in [-0.2, -0.15) is 0 Å². The summed E-state index contributed by atoms with van der Waals surface area (Å²) in [6, 6.07) is -0.588. The topological polar surface area (TPSA) is 95.9 Å². The highest BCUT2D eigenvalue weighted by Crippen LogP contribution is 2.23. The molecule has 1 aliphatic heterocycles. The molecule has 2 atom stereocenters. The monoisotopic (exact) mass is 300 g/mol. The zero-order chi connectivity index (χ0) is 15.8. The Hall–Kier alpha value is -1.63. The van der Waals surface area contributed by atoms with Crippen molar-refractivity contribution in [3.05, 3.63) is 0 Å². The Kier molecular flexibility index (Phi) is 7.14. The maximum absolute atomic E-state index is 11.8. The van der Waals surface area contributed by atoms with Crippen molar-refractivity contribution in [2.45, 2.75) is 39.2 Å². The maximum atomic E-state index is 11.8. The molecule has 0 aliphatic carbocycles. The van der Waals surface area contributed by atoms with Crippen LogP contribution in [0.25, 0.3) is 0 Å². The molecule has 2 N–H and O–H groups in total. The first kappa shape index (κ1) is 17.4. The van der Waals surface area contributed by atoms with E-state index in [-0.39, 0.29) is 30.8 Å². The molecule has 1 rings (SSSR count). The number of amides is 1. The summed E-state index contributed by atoms with van der Waals surface area (Å²) < 4.78 is 4.78. The number of nitrogens with one attached hydrogen (secondary N) is 1.